The molecule has 0 saturated heterocycles. The fourth-order valence-corrected chi connectivity index (χ4v) is 4.03. The Bertz CT molecular complexity index is 572. The van der Waals surface area contributed by atoms with Gasteiger partial charge in [0.05, 0.1) is 6.04 Å². The minimum absolute atomic E-state index is 0.116. The molecule has 1 atom stereocenters. The Balaban J connectivity index is 1.92. The van der Waals surface area contributed by atoms with Crippen molar-refractivity contribution in [1.82, 2.24) is 5.43 Å². The lowest BCUT2D eigenvalue weighted by molar-refractivity contribution is 0.419. The predicted octanol–water partition coefficient (Wildman–Crippen LogP) is 4.13. The molecule has 1 saturated carbocycles. The van der Waals surface area contributed by atoms with Gasteiger partial charge in [0.15, 0.2) is 0 Å². The summed E-state index contributed by atoms with van der Waals surface area (Å²) in [6, 6.07) is 11.3. The van der Waals surface area contributed by atoms with E-state index in [2.05, 4.69) is 48.1 Å². The molecule has 1 aliphatic carbocycles. The molecule has 2 nitrogen and oxygen atoms in total. The van der Waals surface area contributed by atoms with E-state index in [0.29, 0.717) is 0 Å². The molecule has 0 bridgehead atoms. The standard InChI is InChI=1S/C17H22N2S/c1-2-12-9-10-20-17(12)16(19-18)15-8-4-7-14(11-15)13-5-3-6-13/h4,7-11,13,16,19H,2-3,5-6,18H2,1H3. The zero-order valence-electron chi connectivity index (χ0n) is 11.9. The van der Waals surface area contributed by atoms with Crippen molar-refractivity contribution in [3.05, 3.63) is 57.3 Å². The Morgan fingerprint density at radius 2 is 2.20 bits per heavy atom. The van der Waals surface area contributed by atoms with Crippen LogP contribution < -0.4 is 11.3 Å². The van der Waals surface area contributed by atoms with Gasteiger partial charge in [-0.15, -0.1) is 11.3 Å². The Labute approximate surface area is 125 Å². The molecule has 1 aromatic heterocycles. The van der Waals surface area contributed by atoms with Crippen molar-refractivity contribution in [2.24, 2.45) is 5.84 Å². The van der Waals surface area contributed by atoms with Gasteiger partial charge in [-0.25, -0.2) is 5.43 Å². The monoisotopic (exact) mass is 286 g/mol. The highest BCUT2D eigenvalue weighted by atomic mass is 32.1. The average molecular weight is 286 g/mol. The van der Waals surface area contributed by atoms with Gasteiger partial charge in [0.1, 0.15) is 0 Å². The average Bonchev–Trinajstić information content (AvgIpc) is 2.86. The number of rotatable bonds is 5. The summed E-state index contributed by atoms with van der Waals surface area (Å²) in [4.78, 5) is 1.35. The quantitative estimate of drug-likeness (QED) is 0.640. The van der Waals surface area contributed by atoms with Crippen molar-refractivity contribution in [3.63, 3.8) is 0 Å². The van der Waals surface area contributed by atoms with Crippen LogP contribution >= 0.6 is 11.3 Å². The van der Waals surface area contributed by atoms with E-state index in [4.69, 9.17) is 5.84 Å². The van der Waals surface area contributed by atoms with Gasteiger partial charge in [-0.05, 0) is 53.3 Å². The van der Waals surface area contributed by atoms with Crippen LogP contribution in [0.15, 0.2) is 35.7 Å². The van der Waals surface area contributed by atoms with Crippen molar-refractivity contribution in [2.75, 3.05) is 0 Å². The van der Waals surface area contributed by atoms with Crippen LogP contribution in [-0.2, 0) is 6.42 Å². The molecule has 3 heteroatoms. The molecule has 1 heterocycles. The molecule has 1 aromatic carbocycles. The van der Waals surface area contributed by atoms with E-state index in [1.165, 1.54) is 40.8 Å². The number of nitrogens with one attached hydrogen (secondary N) is 1. The number of hydrogen-bond acceptors (Lipinski definition) is 3. The van der Waals surface area contributed by atoms with Crippen LogP contribution in [0.2, 0.25) is 0 Å². The van der Waals surface area contributed by atoms with Gasteiger partial charge in [0, 0.05) is 4.88 Å². The molecule has 20 heavy (non-hydrogen) atoms. The third-order valence-corrected chi connectivity index (χ3v) is 5.44. The van der Waals surface area contributed by atoms with Gasteiger partial charge in [-0.3, -0.25) is 5.84 Å². The van der Waals surface area contributed by atoms with E-state index in [-0.39, 0.29) is 6.04 Å². The van der Waals surface area contributed by atoms with Gasteiger partial charge in [-0.1, -0.05) is 37.6 Å². The normalized spacial score (nSPS) is 16.9. The molecule has 0 amide bonds. The summed E-state index contributed by atoms with van der Waals surface area (Å²) in [6.07, 6.45) is 5.10. The second-order valence-electron chi connectivity index (χ2n) is 5.56. The van der Waals surface area contributed by atoms with Crippen LogP contribution in [0.5, 0.6) is 0 Å². The van der Waals surface area contributed by atoms with E-state index in [1.807, 2.05) is 0 Å². The molecule has 0 spiro atoms. The summed E-state index contributed by atoms with van der Waals surface area (Å²) in [7, 11) is 0. The van der Waals surface area contributed by atoms with Crippen molar-refractivity contribution in [3.8, 4) is 0 Å². The first kappa shape index (κ1) is 13.8. The number of hydrogen-bond donors (Lipinski definition) is 2. The van der Waals surface area contributed by atoms with Crippen LogP contribution in [0.4, 0.5) is 0 Å². The highest BCUT2D eigenvalue weighted by Gasteiger charge is 2.22. The molecule has 1 unspecified atom stereocenters. The Morgan fingerprint density at radius 3 is 2.85 bits per heavy atom. The summed E-state index contributed by atoms with van der Waals surface area (Å²) in [5.41, 5.74) is 7.17. The first-order valence-electron chi connectivity index (χ1n) is 7.45. The molecule has 3 rings (SSSR count). The van der Waals surface area contributed by atoms with Crippen LogP contribution in [-0.4, -0.2) is 0 Å². The first-order chi connectivity index (χ1) is 9.83. The predicted molar refractivity (Wildman–Crippen MR) is 85.9 cm³/mol. The second kappa shape index (κ2) is 6.08. The molecule has 0 radical (unpaired) electrons. The van der Waals surface area contributed by atoms with Gasteiger partial charge in [-0.2, -0.15) is 0 Å². The van der Waals surface area contributed by atoms with Crippen LogP contribution in [0.25, 0.3) is 0 Å². The number of aryl methyl sites for hydroxylation is 1. The summed E-state index contributed by atoms with van der Waals surface area (Å²) < 4.78 is 0. The summed E-state index contributed by atoms with van der Waals surface area (Å²) in [5, 5.41) is 2.16. The molecule has 1 aliphatic rings. The van der Waals surface area contributed by atoms with Gasteiger partial charge >= 0.3 is 0 Å². The lowest BCUT2D eigenvalue weighted by atomic mass is 9.79. The van der Waals surface area contributed by atoms with E-state index < -0.39 is 0 Å². The number of hydrazine groups is 1. The summed E-state index contributed by atoms with van der Waals surface area (Å²) >= 11 is 1.79. The highest BCUT2D eigenvalue weighted by Crippen LogP contribution is 2.38. The van der Waals surface area contributed by atoms with Crippen molar-refractivity contribution < 1.29 is 0 Å². The molecule has 0 aliphatic heterocycles. The zero-order chi connectivity index (χ0) is 13.9. The maximum absolute atomic E-state index is 5.85. The van der Waals surface area contributed by atoms with E-state index in [9.17, 15) is 0 Å². The molecule has 106 valence electrons. The smallest absolute Gasteiger partial charge is 0.0805 e. The Morgan fingerprint density at radius 1 is 1.35 bits per heavy atom. The largest absolute Gasteiger partial charge is 0.271 e. The fourth-order valence-electron chi connectivity index (χ4n) is 2.95. The van der Waals surface area contributed by atoms with Crippen LogP contribution in [0, 0.1) is 0 Å². The van der Waals surface area contributed by atoms with Crippen molar-refractivity contribution in [1.29, 1.82) is 0 Å². The topological polar surface area (TPSA) is 38.0 Å². The zero-order valence-corrected chi connectivity index (χ0v) is 12.7. The fraction of sp³-hybridized carbons (Fsp3) is 0.412. The second-order valence-corrected chi connectivity index (χ2v) is 6.51. The maximum atomic E-state index is 5.85. The molecule has 2 aromatic rings. The Hall–Kier alpha value is -1.16. The highest BCUT2D eigenvalue weighted by molar-refractivity contribution is 7.10. The molecular weight excluding hydrogens is 264 g/mol. The van der Waals surface area contributed by atoms with Crippen LogP contribution in [0.3, 0.4) is 0 Å². The van der Waals surface area contributed by atoms with Crippen LogP contribution in [0.1, 0.15) is 59.7 Å². The van der Waals surface area contributed by atoms with Gasteiger partial charge < -0.3 is 0 Å². The summed E-state index contributed by atoms with van der Waals surface area (Å²) in [5.74, 6) is 6.62. The van der Waals surface area contributed by atoms with E-state index in [0.717, 1.165) is 12.3 Å². The third kappa shape index (κ3) is 2.53. The minimum Gasteiger partial charge on any atom is -0.271 e. The van der Waals surface area contributed by atoms with Crippen molar-refractivity contribution in [2.45, 2.75) is 44.6 Å². The minimum atomic E-state index is 0.116. The number of nitrogens with two attached hydrogens (primary N) is 1. The number of thiophene rings is 1. The van der Waals surface area contributed by atoms with E-state index in [1.54, 1.807) is 11.3 Å². The van der Waals surface area contributed by atoms with Crippen molar-refractivity contribution >= 4 is 11.3 Å². The maximum Gasteiger partial charge on any atom is 0.0805 e. The van der Waals surface area contributed by atoms with Gasteiger partial charge in [0.25, 0.3) is 0 Å². The first-order valence-corrected chi connectivity index (χ1v) is 8.33. The van der Waals surface area contributed by atoms with E-state index >= 15 is 0 Å². The lowest BCUT2D eigenvalue weighted by Crippen LogP contribution is -2.29. The lowest BCUT2D eigenvalue weighted by Gasteiger charge is -2.27. The van der Waals surface area contributed by atoms with Gasteiger partial charge in [0.2, 0.25) is 0 Å². The Kier molecular flexibility index (Phi) is 4.20. The molecule has 3 N–H and O–H groups in total. The molecular formula is C17H22N2S. The summed E-state index contributed by atoms with van der Waals surface area (Å²) in [6.45, 7) is 2.20. The third-order valence-electron chi connectivity index (χ3n) is 4.41. The molecule has 1 fully saturated rings. The number of benzene rings is 1. The SMILES string of the molecule is CCc1ccsc1C(NN)c1cccc(C2CCC2)c1.